The largest absolute Gasteiger partial charge is 0.368 e. The first-order valence-electron chi connectivity index (χ1n) is 9.45. The maximum absolute atomic E-state index is 4.67. The SMILES string of the molecule is CN(C)c1ccnc(N2CCN(c3ccc4ncnc(N(C)C)c4c3)CC2)n1. The van der Waals surface area contributed by atoms with Gasteiger partial charge >= 0.3 is 0 Å². The molecule has 28 heavy (non-hydrogen) atoms. The molecule has 1 aliphatic heterocycles. The van der Waals surface area contributed by atoms with E-state index in [2.05, 4.69) is 47.9 Å². The van der Waals surface area contributed by atoms with Crippen molar-refractivity contribution in [2.45, 2.75) is 0 Å². The van der Waals surface area contributed by atoms with Crippen molar-refractivity contribution < 1.29 is 0 Å². The van der Waals surface area contributed by atoms with Crippen LogP contribution in [0.3, 0.4) is 0 Å². The van der Waals surface area contributed by atoms with Crippen LogP contribution in [0, 0.1) is 0 Å². The topological polar surface area (TPSA) is 64.5 Å². The average molecular weight is 378 g/mol. The van der Waals surface area contributed by atoms with Crippen LogP contribution in [-0.2, 0) is 0 Å². The number of aromatic nitrogens is 4. The van der Waals surface area contributed by atoms with Crippen molar-refractivity contribution in [3.05, 3.63) is 36.8 Å². The Balaban J connectivity index is 1.52. The molecule has 1 fully saturated rings. The van der Waals surface area contributed by atoms with Crippen LogP contribution in [0.4, 0.5) is 23.3 Å². The number of hydrogen-bond donors (Lipinski definition) is 0. The number of hydrogen-bond acceptors (Lipinski definition) is 8. The highest BCUT2D eigenvalue weighted by Crippen LogP contribution is 2.27. The van der Waals surface area contributed by atoms with Gasteiger partial charge in [-0.25, -0.2) is 15.0 Å². The lowest BCUT2D eigenvalue weighted by atomic mass is 10.1. The van der Waals surface area contributed by atoms with Gasteiger partial charge < -0.3 is 19.6 Å². The molecule has 0 saturated carbocycles. The first-order chi connectivity index (χ1) is 13.5. The number of anilines is 4. The summed E-state index contributed by atoms with van der Waals surface area (Å²) in [6.45, 7) is 3.62. The first kappa shape index (κ1) is 18.2. The minimum absolute atomic E-state index is 0.799. The van der Waals surface area contributed by atoms with E-state index in [1.807, 2.05) is 50.3 Å². The molecule has 2 aromatic heterocycles. The fourth-order valence-corrected chi connectivity index (χ4v) is 3.49. The lowest BCUT2D eigenvalue weighted by Gasteiger charge is -2.36. The second-order valence-corrected chi connectivity index (χ2v) is 7.38. The van der Waals surface area contributed by atoms with Crippen molar-refractivity contribution in [2.24, 2.45) is 0 Å². The Bertz CT molecular complexity index is 963. The van der Waals surface area contributed by atoms with Crippen LogP contribution < -0.4 is 19.6 Å². The Morgan fingerprint density at radius 1 is 0.821 bits per heavy atom. The molecule has 1 aliphatic rings. The number of piperazine rings is 1. The third-order valence-electron chi connectivity index (χ3n) is 5.04. The van der Waals surface area contributed by atoms with Gasteiger partial charge in [0.25, 0.3) is 0 Å². The summed E-state index contributed by atoms with van der Waals surface area (Å²) in [5, 5.41) is 1.08. The molecule has 3 aromatic rings. The molecule has 0 bridgehead atoms. The summed E-state index contributed by atoms with van der Waals surface area (Å²) in [6, 6.07) is 8.35. The molecule has 0 spiro atoms. The van der Waals surface area contributed by atoms with Crippen LogP contribution in [0.25, 0.3) is 10.9 Å². The van der Waals surface area contributed by atoms with E-state index in [-0.39, 0.29) is 0 Å². The lowest BCUT2D eigenvalue weighted by Crippen LogP contribution is -2.47. The maximum atomic E-state index is 4.67. The third-order valence-corrected chi connectivity index (χ3v) is 5.04. The van der Waals surface area contributed by atoms with Gasteiger partial charge in [0.15, 0.2) is 0 Å². The molecule has 0 N–H and O–H groups in total. The molecule has 0 aliphatic carbocycles. The molecule has 0 atom stereocenters. The first-order valence-corrected chi connectivity index (χ1v) is 9.45. The summed E-state index contributed by atoms with van der Waals surface area (Å²) in [4.78, 5) is 26.6. The Labute approximate surface area is 165 Å². The predicted molar refractivity (Wildman–Crippen MR) is 115 cm³/mol. The zero-order valence-electron chi connectivity index (χ0n) is 16.9. The Morgan fingerprint density at radius 3 is 2.29 bits per heavy atom. The second-order valence-electron chi connectivity index (χ2n) is 7.38. The zero-order valence-corrected chi connectivity index (χ0v) is 16.9. The summed E-state index contributed by atoms with van der Waals surface area (Å²) < 4.78 is 0. The van der Waals surface area contributed by atoms with Crippen LogP contribution in [0.2, 0.25) is 0 Å². The van der Waals surface area contributed by atoms with E-state index in [0.29, 0.717) is 0 Å². The van der Waals surface area contributed by atoms with Crippen LogP contribution in [0.1, 0.15) is 0 Å². The van der Waals surface area contributed by atoms with Crippen LogP contribution in [0.15, 0.2) is 36.8 Å². The highest BCUT2D eigenvalue weighted by atomic mass is 15.3. The number of rotatable bonds is 4. The molecule has 3 heterocycles. The summed E-state index contributed by atoms with van der Waals surface area (Å²) in [5.41, 5.74) is 2.17. The van der Waals surface area contributed by atoms with Gasteiger partial charge in [0.05, 0.1) is 5.52 Å². The van der Waals surface area contributed by atoms with E-state index in [4.69, 9.17) is 0 Å². The molecule has 0 radical (unpaired) electrons. The maximum Gasteiger partial charge on any atom is 0.227 e. The Morgan fingerprint density at radius 2 is 1.57 bits per heavy atom. The van der Waals surface area contributed by atoms with Crippen LogP contribution in [-0.4, -0.2) is 74.3 Å². The van der Waals surface area contributed by atoms with Gasteiger partial charge in [0.2, 0.25) is 5.95 Å². The summed E-state index contributed by atoms with van der Waals surface area (Å²) in [5.74, 6) is 2.67. The van der Waals surface area contributed by atoms with Gasteiger partial charge in [-0.15, -0.1) is 0 Å². The molecule has 1 aromatic carbocycles. The minimum atomic E-state index is 0.799. The lowest BCUT2D eigenvalue weighted by molar-refractivity contribution is 0.640. The molecule has 8 nitrogen and oxygen atoms in total. The molecule has 8 heteroatoms. The normalized spacial score (nSPS) is 14.4. The van der Waals surface area contributed by atoms with E-state index in [1.54, 1.807) is 6.33 Å². The highest BCUT2D eigenvalue weighted by molar-refractivity contribution is 5.91. The molecule has 0 unspecified atom stereocenters. The van der Waals surface area contributed by atoms with Crippen molar-refractivity contribution in [3.8, 4) is 0 Å². The molecule has 0 amide bonds. The van der Waals surface area contributed by atoms with Crippen molar-refractivity contribution in [1.82, 2.24) is 19.9 Å². The van der Waals surface area contributed by atoms with Gasteiger partial charge in [-0.2, -0.15) is 4.98 Å². The van der Waals surface area contributed by atoms with Gasteiger partial charge in [-0.3, -0.25) is 0 Å². The Kier molecular flexibility index (Phi) is 4.85. The van der Waals surface area contributed by atoms with Gasteiger partial charge in [-0.1, -0.05) is 0 Å². The summed E-state index contributed by atoms with van der Waals surface area (Å²) in [6.07, 6.45) is 3.45. The van der Waals surface area contributed by atoms with Crippen molar-refractivity contribution in [3.63, 3.8) is 0 Å². The Hall–Kier alpha value is -3.16. The smallest absolute Gasteiger partial charge is 0.227 e. The summed E-state index contributed by atoms with van der Waals surface area (Å²) >= 11 is 0. The standard InChI is InChI=1S/C20H26N8/c1-25(2)18-7-8-21-20(24-18)28-11-9-27(10-12-28)15-5-6-17-16(13-15)19(26(3)4)23-14-22-17/h5-8,13-14H,9-12H2,1-4H3. The van der Waals surface area contributed by atoms with Crippen molar-refractivity contribution in [1.29, 1.82) is 0 Å². The van der Waals surface area contributed by atoms with E-state index < -0.39 is 0 Å². The molecule has 1 saturated heterocycles. The summed E-state index contributed by atoms with van der Waals surface area (Å²) in [7, 11) is 8.01. The second kappa shape index (κ2) is 7.46. The van der Waals surface area contributed by atoms with E-state index >= 15 is 0 Å². The van der Waals surface area contributed by atoms with Crippen LogP contribution >= 0.6 is 0 Å². The molecule has 4 rings (SSSR count). The average Bonchev–Trinajstić information content (AvgIpc) is 2.73. The van der Waals surface area contributed by atoms with E-state index in [1.165, 1.54) is 5.69 Å². The number of benzene rings is 1. The van der Waals surface area contributed by atoms with Gasteiger partial charge in [0, 0.05) is 71.6 Å². The molecular formula is C20H26N8. The molecular weight excluding hydrogens is 352 g/mol. The van der Waals surface area contributed by atoms with Crippen molar-refractivity contribution in [2.75, 3.05) is 74.0 Å². The monoisotopic (exact) mass is 378 g/mol. The quantitative estimate of drug-likeness (QED) is 0.682. The number of fused-ring (bicyclic) bond motifs is 1. The van der Waals surface area contributed by atoms with Crippen LogP contribution in [0.5, 0.6) is 0 Å². The fourth-order valence-electron chi connectivity index (χ4n) is 3.49. The minimum Gasteiger partial charge on any atom is -0.368 e. The van der Waals surface area contributed by atoms with E-state index in [9.17, 15) is 0 Å². The van der Waals surface area contributed by atoms with E-state index in [0.717, 1.165) is 54.7 Å². The number of nitrogens with zero attached hydrogens (tertiary/aromatic N) is 8. The third kappa shape index (κ3) is 3.49. The molecule has 146 valence electrons. The van der Waals surface area contributed by atoms with Gasteiger partial charge in [0.1, 0.15) is 18.0 Å². The predicted octanol–water partition coefficient (Wildman–Crippen LogP) is 1.88. The highest BCUT2D eigenvalue weighted by Gasteiger charge is 2.20. The fraction of sp³-hybridized carbons (Fsp3) is 0.400. The zero-order chi connectivity index (χ0) is 19.7. The van der Waals surface area contributed by atoms with Gasteiger partial charge in [-0.05, 0) is 24.3 Å². The van der Waals surface area contributed by atoms with Crippen molar-refractivity contribution >= 4 is 34.2 Å².